The van der Waals surface area contributed by atoms with Crippen LogP contribution in [0.1, 0.15) is 6.42 Å². The number of nitrogens with zero attached hydrogens (tertiary/aromatic N) is 2. The maximum atomic E-state index is 11.5. The number of amides is 2. The minimum atomic E-state index is -0.102. The van der Waals surface area contributed by atoms with Gasteiger partial charge in [0.15, 0.2) is 0 Å². The molecule has 0 aromatic rings. The molecule has 0 bridgehead atoms. The Kier molecular flexibility index (Phi) is 3.25. The van der Waals surface area contributed by atoms with E-state index in [4.69, 9.17) is 4.84 Å². The van der Waals surface area contributed by atoms with E-state index in [-0.39, 0.29) is 11.8 Å². The van der Waals surface area contributed by atoms with E-state index in [0.29, 0.717) is 13.1 Å². The molecule has 1 atom stereocenters. The third-order valence-corrected chi connectivity index (χ3v) is 2.30. The fourth-order valence-corrected chi connectivity index (χ4v) is 1.43. The molecule has 0 aromatic heterocycles. The predicted octanol–water partition coefficient (Wildman–Crippen LogP) is -0.516. The summed E-state index contributed by atoms with van der Waals surface area (Å²) >= 11 is 0. The molecule has 5 nitrogen and oxygen atoms in total. The van der Waals surface area contributed by atoms with Crippen LogP contribution in [0.15, 0.2) is 0 Å². The first-order valence-corrected chi connectivity index (χ1v) is 4.20. The van der Waals surface area contributed by atoms with E-state index >= 15 is 0 Å². The molecule has 0 aromatic carbocycles. The fourth-order valence-electron chi connectivity index (χ4n) is 1.43. The van der Waals surface area contributed by atoms with E-state index < -0.39 is 0 Å². The van der Waals surface area contributed by atoms with Crippen molar-refractivity contribution in [3.8, 4) is 0 Å². The van der Waals surface area contributed by atoms with Crippen molar-refractivity contribution < 1.29 is 14.4 Å². The Morgan fingerprint density at radius 2 is 2.38 bits per heavy atom. The Labute approximate surface area is 77.2 Å². The zero-order valence-corrected chi connectivity index (χ0v) is 7.90. The van der Waals surface area contributed by atoms with Crippen molar-refractivity contribution in [3.63, 3.8) is 0 Å². The lowest BCUT2D eigenvalue weighted by Gasteiger charge is -2.17. The van der Waals surface area contributed by atoms with Gasteiger partial charge in [-0.25, -0.2) is 5.06 Å². The standard InChI is InChI=1S/C8H14N2O3/c1-9(13-2)8(12)7-3-4-10(5-7)6-11/h6-7H,3-5H2,1-2H3. The first-order valence-electron chi connectivity index (χ1n) is 4.20. The number of hydroxylamine groups is 2. The van der Waals surface area contributed by atoms with Crippen molar-refractivity contribution in [1.82, 2.24) is 9.96 Å². The van der Waals surface area contributed by atoms with Gasteiger partial charge < -0.3 is 4.90 Å². The van der Waals surface area contributed by atoms with Crippen LogP contribution in [0, 0.1) is 5.92 Å². The minimum Gasteiger partial charge on any atom is -0.344 e. The molecule has 0 radical (unpaired) electrons. The van der Waals surface area contributed by atoms with Crippen LogP contribution in [0.5, 0.6) is 0 Å². The normalized spacial score (nSPS) is 21.7. The molecular weight excluding hydrogens is 172 g/mol. The number of carbonyl (C=O) groups is 2. The summed E-state index contributed by atoms with van der Waals surface area (Å²) in [5.41, 5.74) is 0. The topological polar surface area (TPSA) is 49.9 Å². The fraction of sp³-hybridized carbons (Fsp3) is 0.750. The molecular formula is C8H14N2O3. The molecule has 2 amide bonds. The van der Waals surface area contributed by atoms with Crippen LogP contribution in [-0.4, -0.2) is 49.5 Å². The number of hydrogen-bond donors (Lipinski definition) is 0. The van der Waals surface area contributed by atoms with Gasteiger partial charge in [0.05, 0.1) is 13.0 Å². The Morgan fingerprint density at radius 3 is 2.85 bits per heavy atom. The van der Waals surface area contributed by atoms with E-state index in [0.717, 1.165) is 12.8 Å². The van der Waals surface area contributed by atoms with Crippen LogP contribution in [0.2, 0.25) is 0 Å². The van der Waals surface area contributed by atoms with Gasteiger partial charge in [0, 0.05) is 20.1 Å². The summed E-state index contributed by atoms with van der Waals surface area (Å²) in [7, 11) is 3.02. The molecule has 1 saturated heterocycles. The van der Waals surface area contributed by atoms with Crippen LogP contribution >= 0.6 is 0 Å². The van der Waals surface area contributed by atoms with Gasteiger partial charge in [-0.1, -0.05) is 0 Å². The lowest BCUT2D eigenvalue weighted by atomic mass is 10.1. The number of hydrogen-bond acceptors (Lipinski definition) is 3. The minimum absolute atomic E-state index is 0.0631. The summed E-state index contributed by atoms with van der Waals surface area (Å²) in [5.74, 6) is -0.165. The summed E-state index contributed by atoms with van der Waals surface area (Å²) in [6.45, 7) is 1.17. The second-order valence-electron chi connectivity index (χ2n) is 3.10. The van der Waals surface area contributed by atoms with Crippen LogP contribution in [-0.2, 0) is 14.4 Å². The van der Waals surface area contributed by atoms with Crippen molar-refractivity contribution in [2.24, 2.45) is 5.92 Å². The average Bonchev–Trinajstić information content (AvgIpc) is 2.63. The summed E-state index contributed by atoms with van der Waals surface area (Å²) < 4.78 is 0. The number of likely N-dealkylation sites (tertiary alicyclic amines) is 1. The number of rotatable bonds is 3. The van der Waals surface area contributed by atoms with Gasteiger partial charge in [-0.15, -0.1) is 0 Å². The molecule has 74 valence electrons. The van der Waals surface area contributed by atoms with Crippen LogP contribution in [0.4, 0.5) is 0 Å². The third-order valence-electron chi connectivity index (χ3n) is 2.30. The second kappa shape index (κ2) is 4.23. The summed E-state index contributed by atoms with van der Waals surface area (Å²) in [4.78, 5) is 28.3. The average molecular weight is 186 g/mol. The zero-order chi connectivity index (χ0) is 9.84. The lowest BCUT2D eigenvalue weighted by Crippen LogP contribution is -2.33. The Hall–Kier alpha value is -1.10. The second-order valence-corrected chi connectivity index (χ2v) is 3.10. The first kappa shape index (κ1) is 9.98. The first-order chi connectivity index (χ1) is 6.19. The van der Waals surface area contributed by atoms with Crippen LogP contribution in [0.25, 0.3) is 0 Å². The third kappa shape index (κ3) is 2.18. The SMILES string of the molecule is CON(C)C(=O)C1CCN(C=O)C1. The molecule has 0 spiro atoms. The van der Waals surface area contributed by atoms with Gasteiger partial charge in [-0.2, -0.15) is 0 Å². The molecule has 1 heterocycles. The summed E-state index contributed by atoms with van der Waals surface area (Å²) in [5, 5.41) is 1.21. The Balaban J connectivity index is 2.46. The van der Waals surface area contributed by atoms with Gasteiger partial charge >= 0.3 is 0 Å². The van der Waals surface area contributed by atoms with E-state index in [2.05, 4.69) is 0 Å². The van der Waals surface area contributed by atoms with Gasteiger partial charge in [-0.05, 0) is 6.42 Å². The highest BCUT2D eigenvalue weighted by atomic mass is 16.7. The molecule has 1 aliphatic heterocycles. The van der Waals surface area contributed by atoms with E-state index in [9.17, 15) is 9.59 Å². The Morgan fingerprint density at radius 1 is 1.69 bits per heavy atom. The van der Waals surface area contributed by atoms with Crippen LogP contribution < -0.4 is 0 Å². The van der Waals surface area contributed by atoms with Gasteiger partial charge in [-0.3, -0.25) is 14.4 Å². The highest BCUT2D eigenvalue weighted by Crippen LogP contribution is 2.16. The van der Waals surface area contributed by atoms with Crippen LogP contribution in [0.3, 0.4) is 0 Å². The van der Waals surface area contributed by atoms with Crippen molar-refractivity contribution in [1.29, 1.82) is 0 Å². The molecule has 1 unspecified atom stereocenters. The van der Waals surface area contributed by atoms with E-state index in [1.165, 1.54) is 12.2 Å². The Bertz CT molecular complexity index is 208. The smallest absolute Gasteiger partial charge is 0.250 e. The van der Waals surface area contributed by atoms with Gasteiger partial charge in [0.1, 0.15) is 0 Å². The molecule has 0 aliphatic carbocycles. The number of carbonyl (C=O) groups excluding carboxylic acids is 2. The molecule has 0 saturated carbocycles. The van der Waals surface area contributed by atoms with Crippen molar-refractivity contribution in [2.75, 3.05) is 27.2 Å². The highest BCUT2D eigenvalue weighted by molar-refractivity contribution is 5.78. The van der Waals surface area contributed by atoms with E-state index in [1.54, 1.807) is 11.9 Å². The summed E-state index contributed by atoms with van der Waals surface area (Å²) in [6, 6.07) is 0. The predicted molar refractivity (Wildman–Crippen MR) is 45.5 cm³/mol. The van der Waals surface area contributed by atoms with Gasteiger partial charge in [0.25, 0.3) is 5.91 Å². The maximum Gasteiger partial charge on any atom is 0.250 e. The quantitative estimate of drug-likeness (QED) is 0.440. The van der Waals surface area contributed by atoms with Gasteiger partial charge in [0.2, 0.25) is 6.41 Å². The van der Waals surface area contributed by atoms with E-state index in [1.807, 2.05) is 0 Å². The zero-order valence-electron chi connectivity index (χ0n) is 7.90. The highest BCUT2D eigenvalue weighted by Gasteiger charge is 2.29. The molecule has 1 rings (SSSR count). The molecule has 1 aliphatic rings. The maximum absolute atomic E-state index is 11.5. The van der Waals surface area contributed by atoms with Crippen molar-refractivity contribution in [3.05, 3.63) is 0 Å². The molecule has 0 N–H and O–H groups in total. The molecule has 13 heavy (non-hydrogen) atoms. The molecule has 1 fully saturated rings. The lowest BCUT2D eigenvalue weighted by molar-refractivity contribution is -0.172. The molecule has 5 heteroatoms. The summed E-state index contributed by atoms with van der Waals surface area (Å²) in [6.07, 6.45) is 1.51. The van der Waals surface area contributed by atoms with Crippen molar-refractivity contribution in [2.45, 2.75) is 6.42 Å². The monoisotopic (exact) mass is 186 g/mol. The van der Waals surface area contributed by atoms with Crippen molar-refractivity contribution >= 4 is 12.3 Å². The largest absolute Gasteiger partial charge is 0.344 e.